The predicted octanol–water partition coefficient (Wildman–Crippen LogP) is 0.663. The molecule has 0 atom stereocenters. The van der Waals surface area contributed by atoms with Gasteiger partial charge >= 0.3 is 5.82 Å². The molecule has 3 aromatic rings. The number of imidazole rings is 1. The summed E-state index contributed by atoms with van der Waals surface area (Å²) < 4.78 is 26.1. The second kappa shape index (κ2) is 14.3. The molecule has 10 nitrogen and oxygen atoms in total. The lowest BCUT2D eigenvalue weighted by Gasteiger charge is -2.20. The van der Waals surface area contributed by atoms with Crippen LogP contribution in [0, 0.1) is 0 Å². The molecule has 212 valence electrons. The van der Waals surface area contributed by atoms with E-state index in [4.69, 9.17) is 29.2 Å². The zero-order valence-electron chi connectivity index (χ0n) is 24.2. The van der Waals surface area contributed by atoms with Crippen LogP contribution in [0.2, 0.25) is 0 Å². The minimum absolute atomic E-state index is 0. The van der Waals surface area contributed by atoms with Crippen LogP contribution in [0.4, 0.5) is 11.4 Å². The molecule has 0 aliphatic heterocycles. The van der Waals surface area contributed by atoms with E-state index < -0.39 is 0 Å². The number of rotatable bonds is 12. The normalized spacial score (nSPS) is 11.0. The van der Waals surface area contributed by atoms with Gasteiger partial charge in [-0.3, -0.25) is 0 Å². The summed E-state index contributed by atoms with van der Waals surface area (Å²) >= 11 is 0. The molecule has 2 aromatic carbocycles. The number of hydrogen-bond acceptors (Lipinski definition) is 8. The second-order valence-electron chi connectivity index (χ2n) is 8.98. The lowest BCUT2D eigenvalue weighted by atomic mass is 10.1. The van der Waals surface area contributed by atoms with Crippen molar-refractivity contribution in [2.24, 2.45) is 10.2 Å². The lowest BCUT2D eigenvalue weighted by molar-refractivity contribution is -0.685. The average molecular weight is 559 g/mol. The molecule has 0 fully saturated rings. The molecule has 0 radical (unpaired) electrons. The van der Waals surface area contributed by atoms with Gasteiger partial charge in [-0.15, -0.1) is 9.35 Å². The van der Waals surface area contributed by atoms with Crippen molar-refractivity contribution in [2.45, 2.75) is 19.8 Å². The highest BCUT2D eigenvalue weighted by Crippen LogP contribution is 2.38. The van der Waals surface area contributed by atoms with E-state index in [0.29, 0.717) is 23.0 Å². The predicted molar refractivity (Wildman–Crippen MR) is 152 cm³/mol. The summed E-state index contributed by atoms with van der Waals surface area (Å²) in [6.07, 6.45) is 9.07. The number of nitrogens with zero attached hydrogens (tertiary/aromatic N) is 6. The Morgan fingerprint density at radius 3 is 1.59 bits per heavy atom. The van der Waals surface area contributed by atoms with Crippen LogP contribution in [-0.4, -0.2) is 73.7 Å². The Labute approximate surface area is 237 Å². The number of halogens is 1. The number of aromatic nitrogens is 2. The molecule has 1 aromatic heterocycles. The summed E-state index contributed by atoms with van der Waals surface area (Å²) in [4.78, 5) is 3.92. The van der Waals surface area contributed by atoms with E-state index in [1.54, 1.807) is 40.9 Å². The van der Waals surface area contributed by atoms with Crippen LogP contribution in [0.25, 0.3) is 0 Å². The summed E-state index contributed by atoms with van der Waals surface area (Å²) in [5.41, 5.74) is 3.46. The first kappa shape index (κ1) is 31.3. The number of anilines is 2. The van der Waals surface area contributed by atoms with Gasteiger partial charge in [0.25, 0.3) is 0 Å². The smallest absolute Gasteiger partial charge is 0.307 e. The number of benzene rings is 2. The van der Waals surface area contributed by atoms with Gasteiger partial charge in [-0.25, -0.2) is 0 Å². The van der Waals surface area contributed by atoms with Gasteiger partial charge in [0.2, 0.25) is 0 Å². The lowest BCUT2D eigenvalue weighted by Crippen LogP contribution is -3.00. The van der Waals surface area contributed by atoms with Crippen molar-refractivity contribution in [1.29, 1.82) is 0 Å². The van der Waals surface area contributed by atoms with Gasteiger partial charge in [0, 0.05) is 39.3 Å². The maximum atomic E-state index is 5.60. The minimum Gasteiger partial charge on any atom is -1.00 e. The van der Waals surface area contributed by atoms with Gasteiger partial charge in [0.15, 0.2) is 12.4 Å². The molecule has 0 saturated heterocycles. The van der Waals surface area contributed by atoms with Crippen molar-refractivity contribution < 1.29 is 36.0 Å². The zero-order valence-corrected chi connectivity index (χ0v) is 25.0. The Morgan fingerprint density at radius 1 is 0.769 bits per heavy atom. The van der Waals surface area contributed by atoms with Crippen LogP contribution in [0.3, 0.4) is 0 Å². The Kier molecular flexibility index (Phi) is 11.5. The monoisotopic (exact) mass is 558 g/mol. The molecule has 3 rings (SSSR count). The number of hydrogen-bond donors (Lipinski definition) is 0. The summed E-state index contributed by atoms with van der Waals surface area (Å²) in [5, 5.41) is 9.42. The van der Waals surface area contributed by atoms with Crippen molar-refractivity contribution in [2.75, 3.05) is 66.4 Å². The molecule has 0 saturated carbocycles. The van der Waals surface area contributed by atoms with Crippen LogP contribution in [-0.2, 0) is 6.42 Å². The summed E-state index contributed by atoms with van der Waals surface area (Å²) in [5.74, 6) is 3.78. The largest absolute Gasteiger partial charge is 1.00 e. The highest BCUT2D eigenvalue weighted by Gasteiger charge is 2.18. The van der Waals surface area contributed by atoms with Crippen LogP contribution < -0.4 is 45.8 Å². The fourth-order valence-electron chi connectivity index (χ4n) is 4.18. The number of methoxy groups -OCH3 is 4. The van der Waals surface area contributed by atoms with E-state index in [1.165, 1.54) is 0 Å². The topological polar surface area (TPSA) is 76.9 Å². The highest BCUT2D eigenvalue weighted by atomic mass is 35.5. The number of ether oxygens (including phenoxy) is 4. The molecule has 0 bridgehead atoms. The molecule has 0 amide bonds. The molecule has 0 spiro atoms. The summed E-state index contributed by atoms with van der Waals surface area (Å²) in [6.45, 7) is 2.13. The van der Waals surface area contributed by atoms with E-state index in [1.807, 2.05) is 84.0 Å². The second-order valence-corrected chi connectivity index (χ2v) is 8.98. The zero-order chi connectivity index (χ0) is 27.8. The van der Waals surface area contributed by atoms with E-state index in [-0.39, 0.29) is 12.4 Å². The quantitative estimate of drug-likeness (QED) is 0.240. The van der Waals surface area contributed by atoms with Crippen LogP contribution in [0.5, 0.6) is 23.0 Å². The molecule has 0 unspecified atom stereocenters. The van der Waals surface area contributed by atoms with E-state index in [2.05, 4.69) is 6.92 Å². The van der Waals surface area contributed by atoms with Crippen LogP contribution in [0.1, 0.15) is 30.3 Å². The Hall–Kier alpha value is -3.92. The highest BCUT2D eigenvalue weighted by molar-refractivity contribution is 5.85. The maximum absolute atomic E-state index is 5.60. The van der Waals surface area contributed by atoms with Crippen LogP contribution in [0.15, 0.2) is 46.9 Å². The Morgan fingerprint density at radius 2 is 1.21 bits per heavy atom. The van der Waals surface area contributed by atoms with Crippen LogP contribution >= 0.6 is 0 Å². The van der Waals surface area contributed by atoms with Crippen molar-refractivity contribution in [1.82, 2.24) is 4.68 Å². The van der Waals surface area contributed by atoms with Gasteiger partial charge < -0.3 is 41.2 Å². The first-order valence-corrected chi connectivity index (χ1v) is 12.3. The maximum Gasteiger partial charge on any atom is 0.307 e. The van der Waals surface area contributed by atoms with Gasteiger partial charge in [-0.2, -0.15) is 0 Å². The van der Waals surface area contributed by atoms with Crippen molar-refractivity contribution in [3.8, 4) is 23.0 Å². The molecular weight excluding hydrogens is 520 g/mol. The first-order chi connectivity index (χ1) is 18.3. The molecule has 0 aliphatic carbocycles. The molecule has 0 aliphatic rings. The van der Waals surface area contributed by atoms with Gasteiger partial charge in [-0.05, 0) is 30.7 Å². The third-order valence-corrected chi connectivity index (χ3v) is 5.91. The average Bonchev–Trinajstić information content (AvgIpc) is 3.30. The first-order valence-electron chi connectivity index (χ1n) is 12.3. The molecule has 1 heterocycles. The molecule has 11 heteroatoms. The Balaban J connectivity index is 0.00000533. The van der Waals surface area contributed by atoms with Gasteiger partial charge in [0.05, 0.1) is 47.3 Å². The fraction of sp³-hybridized carbons (Fsp3) is 0.393. The van der Waals surface area contributed by atoms with Crippen molar-refractivity contribution in [3.63, 3.8) is 0 Å². The summed E-state index contributed by atoms with van der Waals surface area (Å²) in [6, 6.07) is 7.76. The Bertz CT molecular complexity index is 1160. The van der Waals surface area contributed by atoms with Gasteiger partial charge in [-0.1, -0.05) is 17.1 Å². The van der Waals surface area contributed by atoms with Crippen molar-refractivity contribution in [3.05, 3.63) is 53.6 Å². The van der Waals surface area contributed by atoms with E-state index >= 15 is 0 Å². The summed E-state index contributed by atoms with van der Waals surface area (Å²) in [7, 11) is 14.4. The molecule has 39 heavy (non-hydrogen) atoms. The fourth-order valence-corrected chi connectivity index (χ4v) is 4.18. The minimum atomic E-state index is 0. The third kappa shape index (κ3) is 7.14. The van der Waals surface area contributed by atoms with E-state index in [0.717, 1.165) is 41.2 Å². The molecular formula is C28H39ClN6O4. The SMILES string of the molecule is CCCc1n(/N=C/c2cc(OC)c(N(C)C)c(OC)c2)cc[n+]1/N=C/c1cc(OC)c(N(C)C)c(OC)c1.[Cl-]. The third-order valence-electron chi connectivity index (χ3n) is 5.91. The standard InChI is InChI=1S/C28H39N6O4.ClH/c1-10-11-26-33(29-18-20-14-22(35-6)27(31(2)3)23(15-20)36-7)12-13-34(26)30-19-21-16-24(37-8)28(32(4)5)25(17-21)38-9;/h12-19H,10-11H2,1-9H3;1H/q+1;/p-1/b29-18+,30-19+;. The van der Waals surface area contributed by atoms with Crippen molar-refractivity contribution >= 4 is 23.8 Å². The molecule has 0 N–H and O–H groups in total. The van der Waals surface area contributed by atoms with Gasteiger partial charge in [0.1, 0.15) is 34.4 Å². The van der Waals surface area contributed by atoms with E-state index in [9.17, 15) is 0 Å².